The van der Waals surface area contributed by atoms with Crippen molar-refractivity contribution in [3.63, 3.8) is 0 Å². The summed E-state index contributed by atoms with van der Waals surface area (Å²) in [6.45, 7) is 2.04. The maximum absolute atomic E-state index is 12.8. The van der Waals surface area contributed by atoms with Gasteiger partial charge in [-0.25, -0.2) is 0 Å². The third-order valence-electron chi connectivity index (χ3n) is 5.33. The van der Waals surface area contributed by atoms with Crippen molar-refractivity contribution >= 4 is 17.7 Å². The van der Waals surface area contributed by atoms with Crippen LogP contribution in [0.5, 0.6) is 0 Å². The van der Waals surface area contributed by atoms with Gasteiger partial charge in [0.25, 0.3) is 0 Å². The summed E-state index contributed by atoms with van der Waals surface area (Å²) in [4.78, 5) is 40.7. The van der Waals surface area contributed by atoms with E-state index in [1.165, 1.54) is 0 Å². The molecule has 2 atom stereocenters. The Kier molecular flexibility index (Phi) is 6.45. The summed E-state index contributed by atoms with van der Waals surface area (Å²) in [7, 11) is 0. The monoisotopic (exact) mass is 372 g/mol. The standard InChI is InChI=1S/C20H28N4O3/c21-16(13-15-7-2-1-3-8-15)20(27)24-12-6-9-17(24)19(26)22-14-18(25)23-10-4-5-11-23/h1-3,7-8,16-17H,4-6,9-14,21H2,(H,22,26). The second-order valence-corrected chi connectivity index (χ2v) is 7.29. The molecule has 1 aromatic carbocycles. The largest absolute Gasteiger partial charge is 0.345 e. The van der Waals surface area contributed by atoms with Gasteiger partial charge < -0.3 is 20.9 Å². The highest BCUT2D eigenvalue weighted by Gasteiger charge is 2.36. The van der Waals surface area contributed by atoms with Crippen molar-refractivity contribution < 1.29 is 14.4 Å². The van der Waals surface area contributed by atoms with Crippen LogP contribution < -0.4 is 11.1 Å². The molecular weight excluding hydrogens is 344 g/mol. The van der Waals surface area contributed by atoms with Gasteiger partial charge in [-0.2, -0.15) is 0 Å². The van der Waals surface area contributed by atoms with Gasteiger partial charge in [-0.3, -0.25) is 14.4 Å². The Bertz CT molecular complexity index is 673. The van der Waals surface area contributed by atoms with Crippen LogP contribution in [0.1, 0.15) is 31.2 Å². The zero-order chi connectivity index (χ0) is 19.2. The molecular formula is C20H28N4O3. The second-order valence-electron chi connectivity index (χ2n) is 7.29. The highest BCUT2D eigenvalue weighted by atomic mass is 16.2. The molecule has 0 aromatic heterocycles. The van der Waals surface area contributed by atoms with E-state index in [9.17, 15) is 14.4 Å². The Balaban J connectivity index is 1.53. The fourth-order valence-electron chi connectivity index (χ4n) is 3.83. The van der Waals surface area contributed by atoms with Gasteiger partial charge >= 0.3 is 0 Å². The summed E-state index contributed by atoms with van der Waals surface area (Å²) in [6, 6.07) is 8.40. The van der Waals surface area contributed by atoms with Crippen LogP contribution in [-0.2, 0) is 20.8 Å². The van der Waals surface area contributed by atoms with Gasteiger partial charge in [-0.1, -0.05) is 30.3 Å². The molecule has 2 unspecified atom stereocenters. The number of amides is 3. The van der Waals surface area contributed by atoms with Gasteiger partial charge in [0.2, 0.25) is 17.7 Å². The fourth-order valence-corrected chi connectivity index (χ4v) is 3.83. The first-order valence-electron chi connectivity index (χ1n) is 9.71. The maximum atomic E-state index is 12.8. The minimum absolute atomic E-state index is 0.00652. The molecule has 0 saturated carbocycles. The number of hydrogen-bond acceptors (Lipinski definition) is 4. The summed E-state index contributed by atoms with van der Waals surface area (Å²) in [5, 5.41) is 2.71. The molecule has 27 heavy (non-hydrogen) atoms. The van der Waals surface area contributed by atoms with E-state index in [0.29, 0.717) is 19.4 Å². The molecule has 0 bridgehead atoms. The van der Waals surface area contributed by atoms with Crippen LogP contribution >= 0.6 is 0 Å². The minimum atomic E-state index is -0.674. The summed E-state index contributed by atoms with van der Waals surface area (Å²) in [6.07, 6.45) is 3.85. The fraction of sp³-hybridized carbons (Fsp3) is 0.550. The smallest absolute Gasteiger partial charge is 0.243 e. The van der Waals surface area contributed by atoms with E-state index in [4.69, 9.17) is 5.73 Å². The number of benzene rings is 1. The summed E-state index contributed by atoms with van der Waals surface area (Å²) in [5.74, 6) is -0.528. The van der Waals surface area contributed by atoms with Crippen LogP contribution in [0.3, 0.4) is 0 Å². The number of hydrogen-bond donors (Lipinski definition) is 2. The molecule has 146 valence electrons. The summed E-state index contributed by atoms with van der Waals surface area (Å²) < 4.78 is 0. The zero-order valence-electron chi connectivity index (χ0n) is 15.6. The molecule has 2 aliphatic rings. The van der Waals surface area contributed by atoms with Crippen molar-refractivity contribution in [2.75, 3.05) is 26.2 Å². The lowest BCUT2D eigenvalue weighted by atomic mass is 10.1. The molecule has 2 fully saturated rings. The lowest BCUT2D eigenvalue weighted by molar-refractivity contribution is -0.140. The van der Waals surface area contributed by atoms with Crippen LogP contribution in [0, 0.1) is 0 Å². The van der Waals surface area contributed by atoms with Gasteiger partial charge in [0.05, 0.1) is 12.6 Å². The van der Waals surface area contributed by atoms with Crippen LogP contribution in [0.2, 0.25) is 0 Å². The number of likely N-dealkylation sites (tertiary alicyclic amines) is 2. The van der Waals surface area contributed by atoms with E-state index in [2.05, 4.69) is 5.32 Å². The highest BCUT2D eigenvalue weighted by Crippen LogP contribution is 2.19. The van der Waals surface area contributed by atoms with E-state index in [1.54, 1.807) is 9.80 Å². The van der Waals surface area contributed by atoms with E-state index in [0.717, 1.165) is 37.9 Å². The molecule has 3 amide bonds. The third-order valence-corrected chi connectivity index (χ3v) is 5.33. The van der Waals surface area contributed by atoms with Crippen molar-refractivity contribution in [1.29, 1.82) is 0 Å². The zero-order valence-corrected chi connectivity index (χ0v) is 15.6. The molecule has 7 heteroatoms. The predicted molar refractivity (Wildman–Crippen MR) is 102 cm³/mol. The first-order chi connectivity index (χ1) is 13.1. The average molecular weight is 372 g/mol. The van der Waals surface area contributed by atoms with Crippen molar-refractivity contribution in [2.24, 2.45) is 5.73 Å². The molecule has 2 heterocycles. The highest BCUT2D eigenvalue weighted by molar-refractivity contribution is 5.92. The predicted octanol–water partition coefficient (Wildman–Crippen LogP) is 0.286. The first kappa shape index (κ1) is 19.4. The van der Waals surface area contributed by atoms with E-state index in [-0.39, 0.29) is 24.3 Å². The van der Waals surface area contributed by atoms with Gasteiger partial charge in [0, 0.05) is 19.6 Å². The topological polar surface area (TPSA) is 95.7 Å². The quantitative estimate of drug-likeness (QED) is 0.750. The summed E-state index contributed by atoms with van der Waals surface area (Å²) >= 11 is 0. The Morgan fingerprint density at radius 1 is 1.07 bits per heavy atom. The Morgan fingerprint density at radius 2 is 1.78 bits per heavy atom. The molecule has 2 aliphatic heterocycles. The molecule has 2 saturated heterocycles. The number of carbonyl (C=O) groups excluding carboxylic acids is 3. The number of rotatable bonds is 6. The number of nitrogens with one attached hydrogen (secondary N) is 1. The van der Waals surface area contributed by atoms with Gasteiger partial charge in [0.1, 0.15) is 6.04 Å². The number of nitrogens with two attached hydrogens (primary N) is 1. The molecule has 3 rings (SSSR count). The van der Waals surface area contributed by atoms with E-state index in [1.807, 2.05) is 30.3 Å². The van der Waals surface area contributed by atoms with E-state index >= 15 is 0 Å². The van der Waals surface area contributed by atoms with Crippen molar-refractivity contribution in [3.05, 3.63) is 35.9 Å². The average Bonchev–Trinajstić information content (AvgIpc) is 3.37. The van der Waals surface area contributed by atoms with Gasteiger partial charge in [-0.15, -0.1) is 0 Å². The third kappa shape index (κ3) is 4.86. The first-order valence-corrected chi connectivity index (χ1v) is 9.71. The van der Waals surface area contributed by atoms with Crippen molar-refractivity contribution in [1.82, 2.24) is 15.1 Å². The molecule has 1 aromatic rings. The lowest BCUT2D eigenvalue weighted by Gasteiger charge is -2.27. The van der Waals surface area contributed by atoms with Crippen LogP contribution in [0.4, 0.5) is 0 Å². The molecule has 0 spiro atoms. The molecule has 0 radical (unpaired) electrons. The minimum Gasteiger partial charge on any atom is -0.345 e. The SMILES string of the molecule is NC(Cc1ccccc1)C(=O)N1CCCC1C(=O)NCC(=O)N1CCCC1. The maximum Gasteiger partial charge on any atom is 0.243 e. The van der Waals surface area contributed by atoms with Crippen molar-refractivity contribution in [3.8, 4) is 0 Å². The molecule has 0 aliphatic carbocycles. The van der Waals surface area contributed by atoms with Crippen LogP contribution in [0.25, 0.3) is 0 Å². The number of carbonyl (C=O) groups is 3. The Labute approximate surface area is 159 Å². The van der Waals surface area contributed by atoms with Crippen LogP contribution in [-0.4, -0.2) is 65.8 Å². The number of nitrogens with zero attached hydrogens (tertiary/aromatic N) is 2. The Hall–Kier alpha value is -2.41. The summed E-state index contributed by atoms with van der Waals surface area (Å²) in [5.41, 5.74) is 7.11. The van der Waals surface area contributed by atoms with Gasteiger partial charge in [-0.05, 0) is 37.7 Å². The second kappa shape index (κ2) is 8.99. The molecule has 7 nitrogen and oxygen atoms in total. The Morgan fingerprint density at radius 3 is 2.48 bits per heavy atom. The van der Waals surface area contributed by atoms with E-state index < -0.39 is 12.1 Å². The van der Waals surface area contributed by atoms with Crippen molar-refractivity contribution in [2.45, 2.75) is 44.2 Å². The van der Waals surface area contributed by atoms with Crippen LogP contribution in [0.15, 0.2) is 30.3 Å². The molecule has 3 N–H and O–H groups in total. The normalized spacial score (nSPS) is 20.6. The van der Waals surface area contributed by atoms with Gasteiger partial charge in [0.15, 0.2) is 0 Å². The lowest BCUT2D eigenvalue weighted by Crippen LogP contribution is -2.52.